The minimum absolute atomic E-state index is 0.0619. The molecule has 1 heterocycles. The Morgan fingerprint density at radius 3 is 1.22 bits per heavy atom. The third-order valence-electron chi connectivity index (χ3n) is 22.4. The van der Waals surface area contributed by atoms with Gasteiger partial charge in [0.05, 0.1) is 24.7 Å². The van der Waals surface area contributed by atoms with E-state index < -0.39 is 245 Å². The summed E-state index contributed by atoms with van der Waals surface area (Å²) in [5, 5.41) is 87.0. The zero-order valence-corrected chi connectivity index (χ0v) is 79.2. The topological polar surface area (TPSA) is 810 Å². The van der Waals surface area contributed by atoms with Gasteiger partial charge in [-0.2, -0.15) is 25.3 Å². The fourth-order valence-electron chi connectivity index (χ4n) is 14.0. The number of phenols is 2. The molecule has 2 aromatic rings. The number of β-amino-alcohol motifs (C(OH)–C–C–N with tert-alkyl or cyclic N) is 1. The van der Waals surface area contributed by atoms with Crippen LogP contribution in [-0.4, -0.2) is 302 Å². The third-order valence-corrected chi connectivity index (χ3v) is 23.0. The number of aliphatic hydroxyl groups is 2. The molecule has 0 unspecified atom stereocenters. The molecule has 0 aliphatic carbocycles. The lowest BCUT2D eigenvalue weighted by molar-refractivity contribution is -0.142. The molecule has 20 atom stereocenters. The van der Waals surface area contributed by atoms with E-state index in [1.807, 2.05) is 0 Å². The number of carboxylic acid groups (broad SMARTS) is 1. The number of aromatic hydroxyl groups is 2. The number of phenolic OH excluding ortho intramolecular Hbond substituents is 2. The van der Waals surface area contributed by atoms with Crippen LogP contribution in [0.4, 0.5) is 0 Å². The molecule has 0 bridgehead atoms. The van der Waals surface area contributed by atoms with Gasteiger partial charge in [-0.25, -0.2) is 4.79 Å². The molecule has 47 nitrogen and oxygen atoms in total. The van der Waals surface area contributed by atoms with Gasteiger partial charge in [0.1, 0.15) is 102 Å². The monoisotopic (exact) mass is 1930 g/mol. The summed E-state index contributed by atoms with van der Waals surface area (Å²) in [5.41, 5.74) is 53.1. The summed E-state index contributed by atoms with van der Waals surface area (Å²) >= 11 is 8.90. The Labute approximate surface area is 790 Å². The number of unbranched alkanes of at least 4 members (excludes halogenated alkanes) is 1. The highest BCUT2D eigenvalue weighted by molar-refractivity contribution is 7.81. The van der Waals surface area contributed by atoms with Gasteiger partial charge in [0.25, 0.3) is 0 Å². The van der Waals surface area contributed by atoms with Gasteiger partial charge < -0.3 is 156 Å². The highest BCUT2D eigenvalue weighted by Crippen LogP contribution is 2.25. The number of rotatable bonds is 61. The van der Waals surface area contributed by atoms with Crippen molar-refractivity contribution in [1.29, 1.82) is 0 Å². The number of nitrogens with one attached hydrogen (secondary N) is 14. The van der Waals surface area contributed by atoms with Crippen molar-refractivity contribution >= 4 is 132 Å². The maximum absolute atomic E-state index is 15.0. The fourth-order valence-corrected chi connectivity index (χ4v) is 14.4. The number of likely N-dealkylation sites (tertiary alicyclic amines) is 1. The highest BCUT2D eigenvalue weighted by Gasteiger charge is 2.46. The van der Waals surface area contributed by atoms with Crippen LogP contribution in [0.25, 0.3) is 0 Å². The summed E-state index contributed by atoms with van der Waals surface area (Å²) in [7, 11) is 0. The summed E-state index contributed by atoms with van der Waals surface area (Å²) in [4.78, 5) is 245. The normalized spacial score (nSPS) is 17.1. The van der Waals surface area contributed by atoms with Crippen molar-refractivity contribution in [2.45, 2.75) is 279 Å². The molecule has 1 aliphatic heterocycles. The summed E-state index contributed by atoms with van der Waals surface area (Å²) in [5.74, 6) is -20.1. The van der Waals surface area contributed by atoms with E-state index in [-0.39, 0.29) is 146 Å². The number of aliphatic imine (C=N–C) groups is 1. The number of thiol groups is 2. The molecule has 2 aromatic carbocycles. The van der Waals surface area contributed by atoms with Gasteiger partial charge >= 0.3 is 5.97 Å². The molecule has 3 rings (SSSR count). The minimum atomic E-state index is -1.98. The maximum Gasteiger partial charge on any atom is 0.326 e. The molecule has 16 amide bonds. The van der Waals surface area contributed by atoms with Gasteiger partial charge in [0.2, 0.25) is 94.5 Å². The van der Waals surface area contributed by atoms with E-state index in [2.05, 4.69) is 105 Å². The molecule has 0 spiro atoms. The predicted molar refractivity (Wildman–Crippen MR) is 501 cm³/mol. The number of aliphatic carboxylic acids is 1. The molecule has 1 fully saturated rings. The number of hydrogen-bond acceptors (Lipinski definition) is 30. The van der Waals surface area contributed by atoms with E-state index >= 15 is 0 Å². The quantitative estimate of drug-likeness (QED) is 0.0127. The molecule has 134 heavy (non-hydrogen) atoms. The second-order valence-electron chi connectivity index (χ2n) is 34.2. The largest absolute Gasteiger partial charge is 0.508 e. The predicted octanol–water partition coefficient (Wildman–Crippen LogP) is -8.35. The van der Waals surface area contributed by atoms with Crippen LogP contribution >= 0.6 is 25.3 Å². The van der Waals surface area contributed by atoms with Crippen molar-refractivity contribution in [3.05, 3.63) is 59.7 Å². The Kier molecular flexibility index (Phi) is 51.2. The number of hydrogen-bond donors (Lipinski definition) is 30. The van der Waals surface area contributed by atoms with Gasteiger partial charge in [-0.3, -0.25) is 81.7 Å². The van der Waals surface area contributed by atoms with E-state index in [0.29, 0.717) is 24.0 Å². The van der Waals surface area contributed by atoms with E-state index in [1.165, 1.54) is 67.3 Å². The molecule has 0 saturated carbocycles. The SMILES string of the molecule is CC[C@H](C)[C@H](NC(=O)[C@@H](NC(=O)[C@@H]1C[C@@H](O)CN1C(=O)[C@@H](N)C(C)C)[C@@H](C)CC)C(=O)N[C@@H](Cc1ccc(O)cc1)C(=O)N[C@H](C(=O)N[C@@H](CC(N)=O)C(=O)N[C@@H](CCCN=C(N)N)C(=O)N[C@@H](CCN)C(=O)N[C@H](C(=O)N[C@H](CCN)C(=O)N[C@@H](CCCCN)C(=O)N[C@@H](CS)C(=O)N[C@@H](CCN)C(=O)N[C@@H](CCCN)C(=O)N[C@@H](Cc1ccc(O)cc1)C(=O)O)[C@@H](C)O)C(C)(C)S. The zero-order valence-electron chi connectivity index (χ0n) is 77.4. The summed E-state index contributed by atoms with van der Waals surface area (Å²) in [6, 6.07) is -13.6. The average molecular weight is 1930 g/mol. The Morgan fingerprint density at radius 2 is 0.813 bits per heavy atom. The van der Waals surface area contributed by atoms with Crippen LogP contribution in [0.5, 0.6) is 11.5 Å². The second kappa shape index (κ2) is 58.7. The number of carboxylic acids is 1. The molecular weight excluding hydrogens is 1790 g/mol. The molecule has 1 saturated heterocycles. The van der Waals surface area contributed by atoms with Gasteiger partial charge in [0.15, 0.2) is 5.96 Å². The molecule has 0 radical (unpaired) electrons. The number of carbonyl (C=O) groups excluding carboxylic acids is 16. The lowest BCUT2D eigenvalue weighted by Crippen LogP contribution is -2.64. The van der Waals surface area contributed by atoms with Crippen molar-refractivity contribution < 1.29 is 107 Å². The smallest absolute Gasteiger partial charge is 0.326 e. The number of amides is 16. The van der Waals surface area contributed by atoms with Crippen LogP contribution in [0.1, 0.15) is 163 Å². The Morgan fingerprint density at radius 1 is 0.455 bits per heavy atom. The number of carbonyl (C=O) groups is 17. The molecular formula is C85H143N25O22S2. The van der Waals surface area contributed by atoms with Crippen molar-refractivity contribution in [2.75, 3.05) is 51.6 Å². The lowest BCUT2D eigenvalue weighted by atomic mass is 9.94. The summed E-state index contributed by atoms with van der Waals surface area (Å²) in [6.07, 6.45) is -4.83. The first kappa shape index (κ1) is 117. The fraction of sp³-hybridized carbons (Fsp3) is 0.647. The highest BCUT2D eigenvalue weighted by atomic mass is 32.1. The van der Waals surface area contributed by atoms with Crippen molar-refractivity contribution in [1.82, 2.24) is 79.3 Å². The van der Waals surface area contributed by atoms with E-state index in [0.717, 1.165) is 6.92 Å². The van der Waals surface area contributed by atoms with Crippen molar-refractivity contribution in [3.63, 3.8) is 0 Å². The van der Waals surface area contributed by atoms with Crippen LogP contribution in [0, 0.1) is 17.8 Å². The van der Waals surface area contributed by atoms with Crippen LogP contribution < -0.4 is 126 Å². The molecule has 37 N–H and O–H groups in total. The Hall–Kier alpha value is -11.3. The maximum atomic E-state index is 15.0. The minimum Gasteiger partial charge on any atom is -0.508 e. The molecule has 752 valence electrons. The van der Waals surface area contributed by atoms with E-state index in [4.69, 9.17) is 51.6 Å². The molecule has 49 heteroatoms. The number of primary amides is 1. The van der Waals surface area contributed by atoms with Gasteiger partial charge in [0, 0.05) is 42.9 Å². The molecule has 1 aliphatic rings. The number of nitrogens with two attached hydrogens (primary N) is 9. The standard InChI is InChI=1S/C85H143N25O22S2/c1-10-43(5)64(107-79(127)65(44(6)11-2)106-77(125)61-38-50(114)40-110(61)82(130)63(92)42(3)4)78(126)102-57(36-46-19-23-48(112)24-20-46)75(123)109-67(85(8,9)134)81(129)103-58(39-62(91)115)74(122)98-53(18-15-35-95-84(93)94)68(116)99-56(29-34-90)73(121)108-66(45(7)111)80(128)101-55(28-33-89)72(120)96-51(16-12-13-30-86)70(118)105-60(41-133)76(124)100-54(27-32-88)71(119)97-52(17-14-31-87)69(117)104-59(83(131)132)37-47-21-25-49(113)26-22-47/h19-26,42-45,50-61,63-67,111-114,133-134H,10-18,27-41,86-90,92H2,1-9H3,(H2,91,115)(H,96,120)(H,97,119)(H,98,122)(H,99,116)(H,100,124)(H,101,128)(H,102,126)(H,103,129)(H,104,117)(H,105,118)(H,106,125)(H,107,127)(H,108,121)(H,109,123)(H,131,132)(H4,93,94,95)/t43-,44-,45+,50+,51-,52-,53-,54-,55+,56-,57-,58-,59-,60-,61-,63-,64-,65-,66-,67+/m0/s1. The van der Waals surface area contributed by atoms with Crippen molar-refractivity contribution in [2.24, 2.45) is 74.3 Å². The summed E-state index contributed by atoms with van der Waals surface area (Å²) < 4.78 is -1.60. The lowest BCUT2D eigenvalue weighted by Gasteiger charge is -2.33. The second-order valence-corrected chi connectivity index (χ2v) is 35.7. The van der Waals surface area contributed by atoms with E-state index in [1.54, 1.807) is 41.5 Å². The van der Waals surface area contributed by atoms with Crippen molar-refractivity contribution in [3.8, 4) is 11.5 Å². The van der Waals surface area contributed by atoms with E-state index in [9.17, 15) is 107 Å². The Balaban J connectivity index is 1.94. The van der Waals surface area contributed by atoms with Crippen LogP contribution in [0.2, 0.25) is 0 Å². The first-order valence-electron chi connectivity index (χ1n) is 44.7. The first-order valence-corrected chi connectivity index (χ1v) is 45.8. The molecule has 0 aromatic heterocycles. The Bertz CT molecular complexity index is 4270. The third kappa shape index (κ3) is 39.3. The van der Waals surface area contributed by atoms with Crippen LogP contribution in [0.15, 0.2) is 53.5 Å². The average Bonchev–Trinajstić information content (AvgIpc) is 1.58. The van der Waals surface area contributed by atoms with Gasteiger partial charge in [-0.15, -0.1) is 0 Å². The summed E-state index contributed by atoms with van der Waals surface area (Å²) in [6.45, 7) is 13.1. The first-order chi connectivity index (χ1) is 63.0. The number of benzene rings is 2. The van der Waals surface area contributed by atoms with Crippen LogP contribution in [-0.2, 0) is 94.3 Å². The van der Waals surface area contributed by atoms with Crippen LogP contribution in [0.3, 0.4) is 0 Å². The van der Waals surface area contributed by atoms with Gasteiger partial charge in [-0.1, -0.05) is 78.6 Å². The zero-order chi connectivity index (χ0) is 101. The number of guanidine groups is 1. The number of aliphatic hydroxyl groups excluding tert-OH is 2. The van der Waals surface area contributed by atoms with Gasteiger partial charge in [-0.05, 0) is 171 Å². The number of nitrogens with zero attached hydrogens (tertiary/aromatic N) is 2.